The third-order valence-electron chi connectivity index (χ3n) is 2.32. The van der Waals surface area contributed by atoms with Gasteiger partial charge < -0.3 is 15.8 Å². The molecule has 1 amide bonds. The van der Waals surface area contributed by atoms with Crippen molar-refractivity contribution in [2.24, 2.45) is 5.73 Å². The van der Waals surface area contributed by atoms with Gasteiger partial charge in [0.2, 0.25) is 0 Å². The molecule has 0 aliphatic carbocycles. The zero-order valence-electron chi connectivity index (χ0n) is 12.1. The van der Waals surface area contributed by atoms with Crippen LogP contribution in [0.5, 0.6) is 5.75 Å². The number of hydrogen-bond acceptors (Lipinski definition) is 3. The fraction of sp³-hybridized carbons (Fsp3) is 0.400. The van der Waals surface area contributed by atoms with Crippen LogP contribution in [-0.4, -0.2) is 24.6 Å². The van der Waals surface area contributed by atoms with Gasteiger partial charge in [-0.05, 0) is 51.1 Å². The Morgan fingerprint density at radius 1 is 1.35 bits per heavy atom. The lowest BCUT2D eigenvalue weighted by Crippen LogP contribution is -2.40. The molecule has 3 N–H and O–H groups in total. The first-order valence-electron chi connectivity index (χ1n) is 6.42. The van der Waals surface area contributed by atoms with Gasteiger partial charge in [-0.2, -0.15) is 0 Å². The third-order valence-corrected chi connectivity index (χ3v) is 2.32. The molecule has 0 aromatic heterocycles. The van der Waals surface area contributed by atoms with E-state index in [1.807, 2.05) is 20.8 Å². The van der Waals surface area contributed by atoms with Gasteiger partial charge in [0, 0.05) is 17.6 Å². The lowest BCUT2D eigenvalue weighted by molar-refractivity contribution is 0.0919. The lowest BCUT2D eigenvalue weighted by Gasteiger charge is -2.20. The van der Waals surface area contributed by atoms with Crippen molar-refractivity contribution in [2.75, 3.05) is 13.2 Å². The Morgan fingerprint density at radius 3 is 2.45 bits per heavy atom. The van der Waals surface area contributed by atoms with Gasteiger partial charge in [0.1, 0.15) is 18.2 Å². The van der Waals surface area contributed by atoms with Gasteiger partial charge in [-0.15, -0.1) is 0 Å². The predicted octanol–water partition coefficient (Wildman–Crippen LogP) is 2.41. The Labute approximate surface area is 118 Å². The molecule has 0 bridgehead atoms. The van der Waals surface area contributed by atoms with Crippen LogP contribution in [0.25, 0.3) is 0 Å². The van der Waals surface area contributed by atoms with E-state index >= 15 is 0 Å². The van der Waals surface area contributed by atoms with Gasteiger partial charge in [0.25, 0.3) is 5.91 Å². The fourth-order valence-corrected chi connectivity index (χ4v) is 1.45. The minimum atomic E-state index is -0.415. The van der Waals surface area contributed by atoms with Crippen LogP contribution < -0.4 is 15.8 Å². The van der Waals surface area contributed by atoms with Gasteiger partial charge in [-0.1, -0.05) is 0 Å². The van der Waals surface area contributed by atoms with Crippen LogP contribution in [0.4, 0.5) is 4.39 Å². The van der Waals surface area contributed by atoms with Crippen LogP contribution in [0.15, 0.2) is 36.2 Å². The quantitative estimate of drug-likeness (QED) is 0.870. The number of nitrogens with two attached hydrogens (primary N) is 1. The molecule has 1 aromatic carbocycles. The highest BCUT2D eigenvalue weighted by atomic mass is 19.1. The van der Waals surface area contributed by atoms with Crippen LogP contribution in [0.1, 0.15) is 31.1 Å². The van der Waals surface area contributed by atoms with Crippen LogP contribution in [0, 0.1) is 0 Å². The van der Waals surface area contributed by atoms with E-state index in [0.717, 1.165) is 0 Å². The number of benzene rings is 1. The van der Waals surface area contributed by atoms with E-state index in [1.54, 1.807) is 24.3 Å². The Morgan fingerprint density at radius 2 is 1.95 bits per heavy atom. The van der Waals surface area contributed by atoms with Crippen LogP contribution >= 0.6 is 0 Å². The summed E-state index contributed by atoms with van der Waals surface area (Å²) in [7, 11) is 0. The topological polar surface area (TPSA) is 64.3 Å². The molecule has 0 heterocycles. The molecular weight excluding hydrogens is 259 g/mol. The summed E-state index contributed by atoms with van der Waals surface area (Å²) < 4.78 is 18.3. The van der Waals surface area contributed by atoms with Crippen molar-refractivity contribution in [2.45, 2.75) is 26.3 Å². The average Bonchev–Trinajstić information content (AvgIpc) is 2.35. The summed E-state index contributed by atoms with van der Waals surface area (Å²) >= 11 is 0. The van der Waals surface area contributed by atoms with Gasteiger partial charge in [-0.25, -0.2) is 4.39 Å². The molecule has 0 fully saturated rings. The van der Waals surface area contributed by atoms with Gasteiger partial charge in [0.15, 0.2) is 0 Å². The van der Waals surface area contributed by atoms with E-state index in [-0.39, 0.29) is 24.6 Å². The molecule has 0 atom stereocenters. The molecule has 0 saturated heterocycles. The highest BCUT2D eigenvalue weighted by Gasteiger charge is 2.15. The Hall–Kier alpha value is -1.88. The first kappa shape index (κ1) is 16.2. The summed E-state index contributed by atoms with van der Waals surface area (Å²) in [6.45, 7) is 5.71. The predicted molar refractivity (Wildman–Crippen MR) is 77.4 cm³/mol. The van der Waals surface area contributed by atoms with Crippen LogP contribution in [0.3, 0.4) is 0 Å². The molecule has 0 unspecified atom stereocenters. The van der Waals surface area contributed by atoms with Gasteiger partial charge in [-0.3, -0.25) is 4.79 Å². The standard InChI is InChI=1S/C15H21FN2O2/c1-15(2,3)18-14(19)11-4-6-13(7-5-11)20-10-12(16)8-9-17/h4-8H,9-10,17H2,1-3H3,(H,18,19)/b12-8-. The minimum absolute atomic E-state index is 0.140. The maximum atomic E-state index is 13.1. The molecule has 0 aliphatic heterocycles. The monoisotopic (exact) mass is 280 g/mol. The molecule has 0 aliphatic rings. The Balaban J connectivity index is 2.60. The van der Waals surface area contributed by atoms with Crippen molar-refractivity contribution in [3.8, 4) is 5.75 Å². The Bertz CT molecular complexity index is 476. The summed E-state index contributed by atoms with van der Waals surface area (Å²) in [5, 5.41) is 2.86. The molecule has 20 heavy (non-hydrogen) atoms. The summed E-state index contributed by atoms with van der Waals surface area (Å²) in [5.74, 6) is -0.0711. The second-order valence-corrected chi connectivity index (χ2v) is 5.40. The van der Waals surface area contributed by atoms with Crippen LogP contribution in [-0.2, 0) is 0 Å². The first-order valence-corrected chi connectivity index (χ1v) is 6.42. The number of rotatable bonds is 5. The highest BCUT2D eigenvalue weighted by molar-refractivity contribution is 5.94. The van der Waals surface area contributed by atoms with Crippen molar-refractivity contribution < 1.29 is 13.9 Å². The summed E-state index contributed by atoms with van der Waals surface area (Å²) in [6.07, 6.45) is 1.26. The maximum absolute atomic E-state index is 13.1. The number of carbonyl (C=O) groups is 1. The van der Waals surface area contributed by atoms with E-state index in [0.29, 0.717) is 11.3 Å². The molecule has 5 heteroatoms. The highest BCUT2D eigenvalue weighted by Crippen LogP contribution is 2.14. The number of nitrogens with one attached hydrogen (secondary N) is 1. The van der Waals surface area contributed by atoms with Crippen molar-refractivity contribution in [3.05, 3.63) is 41.7 Å². The lowest BCUT2D eigenvalue weighted by atomic mass is 10.1. The first-order chi connectivity index (χ1) is 9.31. The summed E-state index contributed by atoms with van der Waals surface area (Å²) in [6, 6.07) is 6.54. The zero-order chi connectivity index (χ0) is 15.2. The average molecular weight is 280 g/mol. The van der Waals surface area contributed by atoms with Crippen molar-refractivity contribution in [1.82, 2.24) is 5.32 Å². The number of carbonyl (C=O) groups excluding carboxylic acids is 1. The van der Waals surface area contributed by atoms with Crippen LogP contribution in [0.2, 0.25) is 0 Å². The SMILES string of the molecule is CC(C)(C)NC(=O)c1ccc(OC/C(F)=C/CN)cc1. The minimum Gasteiger partial charge on any atom is -0.487 e. The summed E-state index contributed by atoms with van der Waals surface area (Å²) in [5.41, 5.74) is 5.43. The summed E-state index contributed by atoms with van der Waals surface area (Å²) in [4.78, 5) is 11.9. The van der Waals surface area contributed by atoms with E-state index in [4.69, 9.17) is 10.5 Å². The largest absolute Gasteiger partial charge is 0.487 e. The number of halogens is 1. The molecule has 4 nitrogen and oxygen atoms in total. The molecule has 0 saturated carbocycles. The second kappa shape index (κ2) is 7.05. The maximum Gasteiger partial charge on any atom is 0.251 e. The van der Waals surface area contributed by atoms with E-state index in [2.05, 4.69) is 5.32 Å². The number of ether oxygens (including phenoxy) is 1. The van der Waals surface area contributed by atoms with Gasteiger partial charge >= 0.3 is 0 Å². The zero-order valence-corrected chi connectivity index (χ0v) is 12.1. The molecular formula is C15H21FN2O2. The second-order valence-electron chi connectivity index (χ2n) is 5.40. The molecule has 0 spiro atoms. The van der Waals surface area contributed by atoms with Gasteiger partial charge in [0.05, 0.1) is 0 Å². The number of amides is 1. The van der Waals surface area contributed by atoms with Crippen molar-refractivity contribution in [1.29, 1.82) is 0 Å². The van der Waals surface area contributed by atoms with Crippen molar-refractivity contribution >= 4 is 5.91 Å². The molecule has 0 radical (unpaired) electrons. The molecule has 1 rings (SSSR count). The number of hydrogen-bond donors (Lipinski definition) is 2. The normalized spacial score (nSPS) is 12.2. The fourth-order valence-electron chi connectivity index (χ4n) is 1.45. The molecule has 110 valence electrons. The smallest absolute Gasteiger partial charge is 0.251 e. The Kier molecular flexibility index (Phi) is 5.70. The van der Waals surface area contributed by atoms with Crippen molar-refractivity contribution in [3.63, 3.8) is 0 Å². The molecule has 1 aromatic rings. The van der Waals surface area contributed by atoms with E-state index in [9.17, 15) is 9.18 Å². The third kappa shape index (κ3) is 5.84. The van der Waals surface area contributed by atoms with E-state index in [1.165, 1.54) is 6.08 Å². The van der Waals surface area contributed by atoms with E-state index < -0.39 is 5.83 Å².